The van der Waals surface area contributed by atoms with Crippen LogP contribution in [0.5, 0.6) is 0 Å². The number of aryl methyl sites for hydroxylation is 1. The second-order valence-electron chi connectivity index (χ2n) is 4.19. The van der Waals surface area contributed by atoms with Gasteiger partial charge in [-0.1, -0.05) is 17.7 Å². The lowest BCUT2D eigenvalue weighted by Gasteiger charge is -2.20. The molecular weight excluding hydrogens is 198 g/mol. The Morgan fingerprint density at radius 2 is 2.07 bits per heavy atom. The molecule has 0 saturated heterocycles. The fourth-order valence-electron chi connectivity index (χ4n) is 2.00. The third-order valence-corrected chi connectivity index (χ3v) is 2.84. The molecule has 0 aliphatic carbocycles. The Labute approximate surface area is 89.0 Å². The summed E-state index contributed by atoms with van der Waals surface area (Å²) in [6.45, 7) is 5.76. The van der Waals surface area contributed by atoms with Crippen molar-refractivity contribution in [1.29, 1.82) is 0 Å². The minimum absolute atomic E-state index is 0.500. The first-order valence-electron chi connectivity index (χ1n) is 4.58. The van der Waals surface area contributed by atoms with E-state index in [1.165, 1.54) is 0 Å². The molecule has 0 unspecified atom stereocenters. The average molecular weight is 210 g/mol. The second-order valence-corrected chi connectivity index (χ2v) is 4.60. The van der Waals surface area contributed by atoms with Gasteiger partial charge in [-0.2, -0.15) is 0 Å². The van der Waals surface area contributed by atoms with Crippen LogP contribution < -0.4 is 5.46 Å². The van der Waals surface area contributed by atoms with Crippen LogP contribution in [0.25, 0.3) is 0 Å². The molecule has 1 N–H and O–H groups in total. The van der Waals surface area contributed by atoms with Crippen LogP contribution in [0, 0.1) is 6.92 Å². The van der Waals surface area contributed by atoms with Crippen molar-refractivity contribution in [2.45, 2.75) is 26.4 Å². The molecule has 2 nitrogen and oxygen atoms in total. The van der Waals surface area contributed by atoms with Crippen LogP contribution in [0.3, 0.4) is 0 Å². The lowest BCUT2D eigenvalue weighted by atomic mass is 9.77. The van der Waals surface area contributed by atoms with Crippen molar-refractivity contribution in [1.82, 2.24) is 0 Å². The molecule has 2 rings (SSSR count). The molecule has 4 heteroatoms. The highest BCUT2D eigenvalue weighted by molar-refractivity contribution is 6.62. The van der Waals surface area contributed by atoms with Gasteiger partial charge in [0.15, 0.2) is 0 Å². The van der Waals surface area contributed by atoms with E-state index in [9.17, 15) is 5.02 Å². The van der Waals surface area contributed by atoms with E-state index in [0.717, 1.165) is 16.6 Å². The van der Waals surface area contributed by atoms with Crippen molar-refractivity contribution >= 4 is 24.2 Å². The summed E-state index contributed by atoms with van der Waals surface area (Å²) in [5.74, 6) is 0. The zero-order valence-electron chi connectivity index (χ0n) is 8.47. The zero-order chi connectivity index (χ0) is 10.5. The van der Waals surface area contributed by atoms with E-state index in [-0.39, 0.29) is 0 Å². The largest absolute Gasteiger partial charge is 0.492 e. The second kappa shape index (κ2) is 2.99. The third-order valence-electron chi connectivity index (χ3n) is 2.54. The van der Waals surface area contributed by atoms with Crippen LogP contribution in [-0.2, 0) is 10.3 Å². The van der Waals surface area contributed by atoms with Gasteiger partial charge in [0.05, 0.1) is 5.60 Å². The number of hydrogen-bond acceptors (Lipinski definition) is 2. The third kappa shape index (κ3) is 1.36. The lowest BCUT2D eigenvalue weighted by molar-refractivity contribution is 0.101. The van der Waals surface area contributed by atoms with Gasteiger partial charge in [0.2, 0.25) is 0 Å². The lowest BCUT2D eigenvalue weighted by Crippen LogP contribution is -2.28. The van der Waals surface area contributed by atoms with Gasteiger partial charge >= 0.3 is 7.12 Å². The monoisotopic (exact) mass is 210 g/mol. The van der Waals surface area contributed by atoms with Gasteiger partial charge in [0.25, 0.3) is 0 Å². The van der Waals surface area contributed by atoms with Gasteiger partial charge in [-0.25, -0.2) is 0 Å². The Balaban J connectivity index is 2.69. The molecule has 0 radical (unpaired) electrons. The molecule has 0 saturated carbocycles. The highest BCUT2D eigenvalue weighted by atomic mass is 35.5. The normalized spacial score (nSPS) is 18.5. The molecule has 0 bridgehead atoms. The van der Waals surface area contributed by atoms with Crippen molar-refractivity contribution in [2.24, 2.45) is 0 Å². The fourth-order valence-corrected chi connectivity index (χ4v) is 2.51. The summed E-state index contributed by atoms with van der Waals surface area (Å²) in [6.07, 6.45) is 0. The van der Waals surface area contributed by atoms with Crippen LogP contribution >= 0.6 is 11.6 Å². The maximum atomic E-state index is 9.68. The molecular formula is C10H12BClO2. The van der Waals surface area contributed by atoms with Crippen molar-refractivity contribution < 1.29 is 9.68 Å². The molecule has 1 aliphatic rings. The summed E-state index contributed by atoms with van der Waals surface area (Å²) in [7, 11) is -0.850. The molecule has 0 amide bonds. The molecule has 1 aliphatic heterocycles. The Hall–Kier alpha value is -0.505. The predicted molar refractivity (Wildman–Crippen MR) is 57.9 cm³/mol. The van der Waals surface area contributed by atoms with Crippen LogP contribution in [-0.4, -0.2) is 12.1 Å². The average Bonchev–Trinajstić information content (AvgIpc) is 2.21. The number of halogens is 1. The highest BCUT2D eigenvalue weighted by Crippen LogP contribution is 2.35. The molecule has 0 fully saturated rings. The summed E-state index contributed by atoms with van der Waals surface area (Å²) in [5.41, 5.74) is 2.23. The van der Waals surface area contributed by atoms with Gasteiger partial charge in [-0.05, 0) is 37.9 Å². The zero-order valence-corrected chi connectivity index (χ0v) is 9.22. The number of benzene rings is 1. The van der Waals surface area contributed by atoms with E-state index >= 15 is 0 Å². The van der Waals surface area contributed by atoms with Crippen molar-refractivity contribution in [3.8, 4) is 0 Å². The first-order valence-corrected chi connectivity index (χ1v) is 4.96. The van der Waals surface area contributed by atoms with E-state index in [1.807, 2.05) is 32.9 Å². The first-order chi connectivity index (χ1) is 6.42. The van der Waals surface area contributed by atoms with Crippen LogP contribution in [0.15, 0.2) is 12.1 Å². The maximum absolute atomic E-state index is 9.68. The smallest absolute Gasteiger partial charge is 0.423 e. The van der Waals surface area contributed by atoms with E-state index in [4.69, 9.17) is 16.3 Å². The summed E-state index contributed by atoms with van der Waals surface area (Å²) >= 11 is 6.13. The van der Waals surface area contributed by atoms with Crippen molar-refractivity contribution in [3.63, 3.8) is 0 Å². The molecule has 14 heavy (non-hydrogen) atoms. The first kappa shape index (κ1) is 10.0. The van der Waals surface area contributed by atoms with E-state index in [2.05, 4.69) is 0 Å². The van der Waals surface area contributed by atoms with E-state index in [0.29, 0.717) is 5.02 Å². The summed E-state index contributed by atoms with van der Waals surface area (Å²) < 4.78 is 5.43. The Bertz CT molecular complexity index is 390. The fraction of sp³-hybridized carbons (Fsp3) is 0.400. The molecule has 0 aromatic heterocycles. The van der Waals surface area contributed by atoms with Gasteiger partial charge < -0.3 is 9.68 Å². The minimum Gasteiger partial charge on any atom is -0.423 e. The molecule has 1 aromatic carbocycles. The molecule has 0 atom stereocenters. The van der Waals surface area contributed by atoms with Gasteiger partial charge in [-0.15, -0.1) is 0 Å². The number of hydrogen-bond donors (Lipinski definition) is 1. The summed E-state index contributed by atoms with van der Waals surface area (Å²) in [4.78, 5) is 0. The van der Waals surface area contributed by atoms with Gasteiger partial charge in [0.1, 0.15) is 0 Å². The van der Waals surface area contributed by atoms with Crippen LogP contribution in [0.1, 0.15) is 25.0 Å². The van der Waals surface area contributed by atoms with Crippen LogP contribution in [0.4, 0.5) is 0 Å². The van der Waals surface area contributed by atoms with Gasteiger partial charge in [0, 0.05) is 10.6 Å². The topological polar surface area (TPSA) is 29.5 Å². The molecule has 0 spiro atoms. The van der Waals surface area contributed by atoms with E-state index < -0.39 is 12.7 Å². The molecule has 1 aromatic rings. The Morgan fingerprint density at radius 1 is 1.43 bits per heavy atom. The molecule has 74 valence electrons. The standard InChI is InChI=1S/C10H12BClO2/c1-6-4-7-9(8(12)5-6)10(2,3)14-11(7)13/h4-5,13H,1-3H3. The number of rotatable bonds is 0. The molecule has 1 heterocycles. The highest BCUT2D eigenvalue weighted by Gasteiger charge is 2.42. The quantitative estimate of drug-likeness (QED) is 0.659. The minimum atomic E-state index is -0.850. The van der Waals surface area contributed by atoms with Crippen LogP contribution in [0.2, 0.25) is 5.02 Å². The SMILES string of the molecule is Cc1cc(Cl)c2c(c1)B(O)OC2(C)C. The maximum Gasteiger partial charge on any atom is 0.492 e. The summed E-state index contributed by atoms with van der Waals surface area (Å²) in [6, 6.07) is 3.81. The Kier molecular flexibility index (Phi) is 2.14. The Morgan fingerprint density at radius 3 is 2.71 bits per heavy atom. The number of fused-ring (bicyclic) bond motifs is 1. The predicted octanol–water partition coefficient (Wildman–Crippen LogP) is 1.60. The summed E-state index contributed by atoms with van der Waals surface area (Å²) in [5, 5.41) is 10.4. The van der Waals surface area contributed by atoms with Crippen molar-refractivity contribution in [3.05, 3.63) is 28.3 Å². The van der Waals surface area contributed by atoms with E-state index in [1.54, 1.807) is 0 Å². The van der Waals surface area contributed by atoms with Crippen molar-refractivity contribution in [2.75, 3.05) is 0 Å². The van der Waals surface area contributed by atoms with Gasteiger partial charge in [-0.3, -0.25) is 0 Å².